The average molecular weight is 342 g/mol. The van der Waals surface area contributed by atoms with Crippen LogP contribution in [-0.4, -0.2) is 31.5 Å². The fourth-order valence-corrected chi connectivity index (χ4v) is 2.64. The Bertz CT molecular complexity index is 883. The quantitative estimate of drug-likeness (QED) is 0.647. The molecule has 0 spiro atoms. The second kappa shape index (κ2) is 7.36. The number of benzene rings is 2. The Kier molecular flexibility index (Phi) is 5.00. The van der Waals surface area contributed by atoms with Gasteiger partial charge >= 0.3 is 0 Å². The molecule has 0 amide bonds. The summed E-state index contributed by atoms with van der Waals surface area (Å²) in [6, 6.07) is 11.6. The van der Waals surface area contributed by atoms with Gasteiger partial charge in [-0.3, -0.25) is 4.79 Å². The van der Waals surface area contributed by atoms with E-state index in [9.17, 15) is 9.18 Å². The van der Waals surface area contributed by atoms with Crippen LogP contribution in [0.25, 0.3) is 10.9 Å². The Morgan fingerprint density at radius 2 is 1.80 bits per heavy atom. The third-order valence-electron chi connectivity index (χ3n) is 3.91. The number of nitrogens with one attached hydrogen (secondary N) is 2. The number of hydrogen-bond acceptors (Lipinski definition) is 4. The van der Waals surface area contributed by atoms with Crippen molar-refractivity contribution in [1.29, 1.82) is 0 Å². The second-order valence-corrected chi connectivity index (χ2v) is 5.66. The first-order valence-corrected chi connectivity index (χ1v) is 7.83. The maximum Gasteiger partial charge on any atom is 0.192 e. The predicted molar refractivity (Wildman–Crippen MR) is 93.8 cm³/mol. The maximum absolute atomic E-state index is 13.2. The van der Waals surface area contributed by atoms with E-state index in [0.29, 0.717) is 29.1 Å². The van der Waals surface area contributed by atoms with E-state index in [-0.39, 0.29) is 18.1 Å². The lowest BCUT2D eigenvalue weighted by Gasteiger charge is -2.09. The summed E-state index contributed by atoms with van der Waals surface area (Å²) in [5.74, 6) is 0.974. The molecule has 2 aromatic carbocycles. The van der Waals surface area contributed by atoms with Crippen LogP contribution in [0.5, 0.6) is 11.5 Å². The van der Waals surface area contributed by atoms with E-state index in [2.05, 4.69) is 10.3 Å². The van der Waals surface area contributed by atoms with Gasteiger partial charge in [0.25, 0.3) is 0 Å². The number of methoxy groups -OCH3 is 2. The summed E-state index contributed by atoms with van der Waals surface area (Å²) in [6.45, 7) is 0.656. The molecule has 0 aliphatic heterocycles. The van der Waals surface area contributed by atoms with Crippen molar-refractivity contribution in [3.05, 3.63) is 59.5 Å². The highest BCUT2D eigenvalue weighted by Gasteiger charge is 2.10. The molecule has 0 aliphatic carbocycles. The Morgan fingerprint density at radius 3 is 2.48 bits per heavy atom. The van der Waals surface area contributed by atoms with Crippen LogP contribution >= 0.6 is 0 Å². The van der Waals surface area contributed by atoms with E-state index in [1.54, 1.807) is 32.4 Å². The van der Waals surface area contributed by atoms with Crippen molar-refractivity contribution in [3.63, 3.8) is 0 Å². The van der Waals surface area contributed by atoms with E-state index in [1.807, 2.05) is 12.1 Å². The zero-order chi connectivity index (χ0) is 17.8. The molecule has 3 rings (SSSR count). The normalized spacial score (nSPS) is 10.8. The van der Waals surface area contributed by atoms with Crippen molar-refractivity contribution in [2.24, 2.45) is 0 Å². The Balaban J connectivity index is 1.64. The van der Waals surface area contributed by atoms with Crippen LogP contribution in [0.4, 0.5) is 4.39 Å². The lowest BCUT2D eigenvalue weighted by molar-refractivity contribution is 0.0987. The van der Waals surface area contributed by atoms with Gasteiger partial charge < -0.3 is 19.8 Å². The molecular formula is C19H19FN2O3. The van der Waals surface area contributed by atoms with E-state index < -0.39 is 0 Å². The van der Waals surface area contributed by atoms with Gasteiger partial charge in [0.15, 0.2) is 5.78 Å². The number of H-pyrrole nitrogens is 1. The lowest BCUT2D eigenvalue weighted by Crippen LogP contribution is -2.22. The Morgan fingerprint density at radius 1 is 1.08 bits per heavy atom. The van der Waals surface area contributed by atoms with Gasteiger partial charge in [0.1, 0.15) is 17.3 Å². The molecule has 2 N–H and O–H groups in total. The van der Waals surface area contributed by atoms with Crippen molar-refractivity contribution in [3.8, 4) is 11.5 Å². The fraction of sp³-hybridized carbons (Fsp3) is 0.211. The topological polar surface area (TPSA) is 63.3 Å². The largest absolute Gasteiger partial charge is 0.497 e. The zero-order valence-corrected chi connectivity index (χ0v) is 14.1. The minimum absolute atomic E-state index is 0.0912. The molecule has 5 nitrogen and oxygen atoms in total. The number of fused-ring (bicyclic) bond motifs is 1. The van der Waals surface area contributed by atoms with Gasteiger partial charge in [-0.2, -0.15) is 0 Å². The van der Waals surface area contributed by atoms with Crippen molar-refractivity contribution < 1.29 is 18.7 Å². The number of hydrogen-bond donors (Lipinski definition) is 2. The highest BCUT2D eigenvalue weighted by atomic mass is 19.1. The van der Waals surface area contributed by atoms with E-state index in [1.165, 1.54) is 12.1 Å². The molecule has 130 valence electrons. The van der Waals surface area contributed by atoms with Crippen LogP contribution in [0.3, 0.4) is 0 Å². The predicted octanol–water partition coefficient (Wildman–Crippen LogP) is 3.30. The molecule has 3 aromatic rings. The highest BCUT2D eigenvalue weighted by Crippen LogP contribution is 2.22. The van der Waals surface area contributed by atoms with Crippen molar-refractivity contribution in [2.45, 2.75) is 6.54 Å². The van der Waals surface area contributed by atoms with Crippen molar-refractivity contribution in [2.75, 3.05) is 20.8 Å². The van der Waals surface area contributed by atoms with Crippen molar-refractivity contribution in [1.82, 2.24) is 10.3 Å². The lowest BCUT2D eigenvalue weighted by atomic mass is 10.2. The van der Waals surface area contributed by atoms with E-state index >= 15 is 0 Å². The summed E-state index contributed by atoms with van der Waals surface area (Å²) in [6.07, 6.45) is 0. The molecular weight excluding hydrogens is 323 g/mol. The molecule has 1 heterocycles. The molecule has 0 atom stereocenters. The number of Topliss-reactive ketones (excluding diaryl/α,β-unsaturated/α-hetero) is 1. The second-order valence-electron chi connectivity index (χ2n) is 5.66. The Labute approximate surface area is 144 Å². The minimum Gasteiger partial charge on any atom is -0.497 e. The van der Waals surface area contributed by atoms with Crippen LogP contribution in [0, 0.1) is 5.82 Å². The standard InChI is InChI=1S/C19H19FN2O3/c1-24-15-5-12(6-16(9-15)25-2)10-21-11-19(23)18-8-13-7-14(20)3-4-17(13)22-18/h3-9,21-22H,10-11H2,1-2H3. The summed E-state index contributed by atoms with van der Waals surface area (Å²) in [7, 11) is 3.18. The van der Waals surface area contributed by atoms with Crippen LogP contribution in [-0.2, 0) is 6.54 Å². The summed E-state index contributed by atoms with van der Waals surface area (Å²) in [5, 5.41) is 3.78. The molecule has 0 radical (unpaired) electrons. The Hall–Kier alpha value is -2.86. The van der Waals surface area contributed by atoms with Crippen LogP contribution in [0.1, 0.15) is 16.1 Å². The number of aromatic amines is 1. The molecule has 0 fully saturated rings. The van der Waals surface area contributed by atoms with Gasteiger partial charge in [0, 0.05) is 23.5 Å². The summed E-state index contributed by atoms with van der Waals surface area (Å²) in [5.41, 5.74) is 2.14. The number of ketones is 1. The molecule has 0 unspecified atom stereocenters. The van der Waals surface area contributed by atoms with Crippen LogP contribution in [0.2, 0.25) is 0 Å². The summed E-state index contributed by atoms with van der Waals surface area (Å²) < 4.78 is 23.7. The van der Waals surface area contributed by atoms with Gasteiger partial charge in [0.05, 0.1) is 26.5 Å². The highest BCUT2D eigenvalue weighted by molar-refractivity contribution is 6.00. The third kappa shape index (κ3) is 3.97. The molecule has 0 saturated carbocycles. The van der Waals surface area contributed by atoms with Crippen LogP contribution in [0.15, 0.2) is 42.5 Å². The zero-order valence-electron chi connectivity index (χ0n) is 14.1. The SMILES string of the molecule is COc1cc(CNCC(=O)c2cc3cc(F)ccc3[nH]2)cc(OC)c1. The fourth-order valence-electron chi connectivity index (χ4n) is 2.64. The first-order valence-electron chi connectivity index (χ1n) is 7.83. The number of carbonyl (C=O) groups is 1. The molecule has 25 heavy (non-hydrogen) atoms. The smallest absolute Gasteiger partial charge is 0.192 e. The monoisotopic (exact) mass is 342 g/mol. The van der Waals surface area contributed by atoms with Gasteiger partial charge in [-0.05, 0) is 42.0 Å². The third-order valence-corrected chi connectivity index (χ3v) is 3.91. The van der Waals surface area contributed by atoms with E-state index in [4.69, 9.17) is 9.47 Å². The summed E-state index contributed by atoms with van der Waals surface area (Å²) in [4.78, 5) is 15.3. The van der Waals surface area contributed by atoms with Gasteiger partial charge in [-0.15, -0.1) is 0 Å². The van der Waals surface area contributed by atoms with Gasteiger partial charge in [-0.1, -0.05) is 0 Å². The van der Waals surface area contributed by atoms with Gasteiger partial charge in [0.2, 0.25) is 0 Å². The first-order chi connectivity index (χ1) is 12.1. The van der Waals surface area contributed by atoms with E-state index in [0.717, 1.165) is 11.1 Å². The van der Waals surface area contributed by atoms with Crippen LogP contribution < -0.4 is 14.8 Å². The molecule has 1 aromatic heterocycles. The molecule has 6 heteroatoms. The van der Waals surface area contributed by atoms with Gasteiger partial charge in [-0.25, -0.2) is 4.39 Å². The summed E-state index contributed by atoms with van der Waals surface area (Å²) >= 11 is 0. The number of rotatable bonds is 7. The number of halogens is 1. The number of carbonyl (C=O) groups excluding carboxylic acids is 1. The average Bonchev–Trinajstić information content (AvgIpc) is 3.04. The number of ether oxygens (including phenoxy) is 2. The minimum atomic E-state index is -0.324. The first kappa shape index (κ1) is 17.0. The molecule has 0 bridgehead atoms. The van der Waals surface area contributed by atoms with Crippen molar-refractivity contribution >= 4 is 16.7 Å². The number of aromatic nitrogens is 1. The molecule has 0 aliphatic rings. The molecule has 0 saturated heterocycles. The maximum atomic E-state index is 13.2.